The van der Waals surface area contributed by atoms with E-state index in [0.29, 0.717) is 11.3 Å². The minimum atomic E-state index is -1.33. The summed E-state index contributed by atoms with van der Waals surface area (Å²) in [7, 11) is 0. The summed E-state index contributed by atoms with van der Waals surface area (Å²) >= 11 is 1.44. The van der Waals surface area contributed by atoms with Gasteiger partial charge in [0.1, 0.15) is 30.2 Å². The Labute approximate surface area is 318 Å². The molecule has 3 aromatic rings. The molecule has 16 heteroatoms. The van der Waals surface area contributed by atoms with Gasteiger partial charge in [0.25, 0.3) is 0 Å². The lowest BCUT2D eigenvalue weighted by Crippen LogP contribution is -2.60. The zero-order valence-corrected chi connectivity index (χ0v) is 31.6. The number of amides is 7. The number of H-pyrrole nitrogens is 1. The molecule has 15 nitrogen and oxygen atoms in total. The Kier molecular flexibility index (Phi) is 15.5. The topological polar surface area (TPSA) is 233 Å². The fraction of sp³-hybridized carbons (Fsp3) is 0.447. The lowest BCUT2D eigenvalue weighted by Gasteiger charge is -2.28. The Morgan fingerprint density at radius 3 is 1.94 bits per heavy atom. The zero-order valence-electron chi connectivity index (χ0n) is 30.7. The molecule has 4 rings (SSSR count). The third-order valence-corrected chi connectivity index (χ3v) is 9.63. The van der Waals surface area contributed by atoms with Crippen LogP contribution < -0.4 is 37.6 Å². The lowest BCUT2D eigenvalue weighted by molar-refractivity contribution is -0.136. The van der Waals surface area contributed by atoms with Crippen LogP contribution >= 0.6 is 11.8 Å². The molecule has 290 valence electrons. The number of aromatic amines is 1. The second kappa shape index (κ2) is 20.2. The molecule has 9 N–H and O–H groups in total. The molecular weight excluding hydrogens is 713 g/mol. The number of nitrogens with two attached hydrogens (primary N) is 1. The molecule has 0 bridgehead atoms. The van der Waals surface area contributed by atoms with Gasteiger partial charge in [-0.05, 0) is 54.4 Å². The highest BCUT2D eigenvalue weighted by Crippen LogP contribution is 2.20. The van der Waals surface area contributed by atoms with Gasteiger partial charge in [-0.25, -0.2) is 0 Å². The van der Waals surface area contributed by atoms with Crippen LogP contribution in [0.4, 0.5) is 0 Å². The van der Waals surface area contributed by atoms with Gasteiger partial charge in [-0.2, -0.15) is 11.8 Å². The molecular formula is C38H50N8O7S. The van der Waals surface area contributed by atoms with Crippen molar-refractivity contribution in [1.29, 1.82) is 0 Å². The summed E-state index contributed by atoms with van der Waals surface area (Å²) in [6, 6.07) is 10.5. The highest BCUT2D eigenvalue weighted by molar-refractivity contribution is 7.98. The van der Waals surface area contributed by atoms with E-state index in [1.54, 1.807) is 30.5 Å². The molecule has 1 saturated heterocycles. The van der Waals surface area contributed by atoms with Crippen molar-refractivity contribution in [3.63, 3.8) is 0 Å². The molecule has 0 aliphatic carbocycles. The monoisotopic (exact) mass is 762 g/mol. The van der Waals surface area contributed by atoms with E-state index >= 15 is 0 Å². The van der Waals surface area contributed by atoms with Crippen molar-refractivity contribution >= 4 is 64.0 Å². The number of primary amides is 1. The molecule has 2 aromatic carbocycles. The third-order valence-electron chi connectivity index (χ3n) is 8.99. The summed E-state index contributed by atoms with van der Waals surface area (Å²) in [6.07, 6.45) is 3.57. The predicted octanol–water partition coefficient (Wildman–Crippen LogP) is 0.572. The van der Waals surface area contributed by atoms with E-state index in [9.17, 15) is 33.6 Å². The van der Waals surface area contributed by atoms with Crippen molar-refractivity contribution in [2.75, 3.05) is 18.6 Å². The van der Waals surface area contributed by atoms with E-state index in [1.165, 1.54) is 11.8 Å². The van der Waals surface area contributed by atoms with E-state index < -0.39 is 78.1 Å². The van der Waals surface area contributed by atoms with Gasteiger partial charge < -0.3 is 42.6 Å². The summed E-state index contributed by atoms with van der Waals surface area (Å²) < 4.78 is 0. The highest BCUT2D eigenvalue weighted by Gasteiger charge is 2.34. The van der Waals surface area contributed by atoms with Gasteiger partial charge in [-0.3, -0.25) is 33.6 Å². The fourth-order valence-electron chi connectivity index (χ4n) is 6.18. The van der Waals surface area contributed by atoms with Crippen LogP contribution in [0.2, 0.25) is 0 Å². The summed E-state index contributed by atoms with van der Waals surface area (Å²) in [6.45, 7) is 3.25. The number of thioether (sulfide) groups is 1. The fourth-order valence-corrected chi connectivity index (χ4v) is 6.65. The summed E-state index contributed by atoms with van der Waals surface area (Å²) in [4.78, 5) is 97.6. The number of carbonyl (C=O) groups excluding carboxylic acids is 7. The van der Waals surface area contributed by atoms with Crippen LogP contribution in [-0.2, 0) is 46.4 Å². The molecule has 1 aromatic heterocycles. The van der Waals surface area contributed by atoms with Crippen molar-refractivity contribution < 1.29 is 33.6 Å². The maximum Gasteiger partial charge on any atom is 0.243 e. The Morgan fingerprint density at radius 2 is 1.30 bits per heavy atom. The van der Waals surface area contributed by atoms with Crippen molar-refractivity contribution in [2.24, 2.45) is 11.7 Å². The molecule has 2 heterocycles. The number of para-hydroxylation sites is 1. The van der Waals surface area contributed by atoms with Gasteiger partial charge in [-0.15, -0.1) is 0 Å². The lowest BCUT2D eigenvalue weighted by atomic mass is 10.0. The van der Waals surface area contributed by atoms with Gasteiger partial charge in [0.2, 0.25) is 41.4 Å². The molecule has 1 unspecified atom stereocenters. The van der Waals surface area contributed by atoms with E-state index in [0.717, 1.165) is 16.5 Å². The maximum absolute atomic E-state index is 14.2. The second-order valence-corrected chi connectivity index (χ2v) is 14.7. The minimum Gasteiger partial charge on any atom is -0.370 e. The normalized spacial score (nSPS) is 22.3. The average Bonchev–Trinajstić information content (AvgIpc) is 3.55. The predicted molar refractivity (Wildman–Crippen MR) is 206 cm³/mol. The molecule has 5 atom stereocenters. The SMILES string of the molecule is CSCC[C@@H]1NC(=O)[C@H](CC(C)C)NC(=O)CNC(=O)[C@H](Cc2ccccc2)NC(=O)C(Cc2c[nH]c3ccccc23)NC(=O)[C@@H](CCC(N)=O)NC1=O. The second-order valence-electron chi connectivity index (χ2n) is 13.8. The number of rotatable bonds is 12. The first-order valence-electron chi connectivity index (χ1n) is 18.0. The van der Waals surface area contributed by atoms with Crippen molar-refractivity contribution in [3.8, 4) is 0 Å². The molecule has 0 spiro atoms. The average molecular weight is 763 g/mol. The first-order chi connectivity index (χ1) is 25.8. The molecule has 1 aliphatic heterocycles. The summed E-state index contributed by atoms with van der Waals surface area (Å²) in [5.41, 5.74) is 7.66. The minimum absolute atomic E-state index is 0.0101. The van der Waals surface area contributed by atoms with E-state index in [2.05, 4.69) is 36.9 Å². The van der Waals surface area contributed by atoms with Crippen LogP contribution in [0.3, 0.4) is 0 Å². The van der Waals surface area contributed by atoms with Crippen LogP contribution in [0.5, 0.6) is 0 Å². The highest BCUT2D eigenvalue weighted by atomic mass is 32.2. The first-order valence-corrected chi connectivity index (χ1v) is 19.4. The Balaban J connectivity index is 1.75. The number of fused-ring (bicyclic) bond motifs is 1. The molecule has 1 aliphatic rings. The smallest absolute Gasteiger partial charge is 0.243 e. The Morgan fingerprint density at radius 1 is 0.722 bits per heavy atom. The largest absolute Gasteiger partial charge is 0.370 e. The molecule has 0 radical (unpaired) electrons. The number of nitrogens with one attached hydrogen (secondary N) is 7. The zero-order chi connectivity index (χ0) is 39.2. The van der Waals surface area contributed by atoms with Crippen LogP contribution in [0, 0.1) is 5.92 Å². The van der Waals surface area contributed by atoms with Gasteiger partial charge >= 0.3 is 0 Å². The van der Waals surface area contributed by atoms with Crippen LogP contribution in [0.25, 0.3) is 10.9 Å². The van der Waals surface area contributed by atoms with Gasteiger partial charge in [0.05, 0.1) is 6.54 Å². The van der Waals surface area contributed by atoms with E-state index in [-0.39, 0.29) is 44.4 Å². The third kappa shape index (κ3) is 12.4. The molecule has 0 saturated carbocycles. The first kappa shape index (κ1) is 41.4. The van der Waals surface area contributed by atoms with Crippen LogP contribution in [0.15, 0.2) is 60.8 Å². The molecule has 1 fully saturated rings. The number of aromatic nitrogens is 1. The summed E-state index contributed by atoms with van der Waals surface area (Å²) in [5.74, 6) is -4.34. The van der Waals surface area contributed by atoms with Gasteiger partial charge in [-0.1, -0.05) is 62.4 Å². The number of carbonyl (C=O) groups is 7. The van der Waals surface area contributed by atoms with Crippen LogP contribution in [-0.4, -0.2) is 95.1 Å². The maximum atomic E-state index is 14.2. The summed E-state index contributed by atoms with van der Waals surface area (Å²) in [5, 5.41) is 17.0. The van der Waals surface area contributed by atoms with Crippen LogP contribution in [0.1, 0.15) is 50.7 Å². The van der Waals surface area contributed by atoms with E-state index in [1.807, 2.05) is 50.4 Å². The quantitative estimate of drug-likeness (QED) is 0.130. The van der Waals surface area contributed by atoms with Gasteiger partial charge in [0, 0.05) is 36.4 Å². The Hall–Kier alpha value is -5.38. The number of benzene rings is 2. The molecule has 54 heavy (non-hydrogen) atoms. The molecule has 7 amide bonds. The van der Waals surface area contributed by atoms with Crippen molar-refractivity contribution in [3.05, 3.63) is 71.9 Å². The number of hydrogen-bond donors (Lipinski definition) is 8. The number of hydrogen-bond acceptors (Lipinski definition) is 8. The standard InChI is InChI=1S/C38H50N8O7S/c1-22(2)17-29-37(52)44-28(15-16-54-3)36(51)43-27(13-14-32(39)47)35(50)46-31(19-24-20-40-26-12-8-7-11-25(24)26)38(53)45-30(18-23-9-5-4-6-10-23)34(49)41-21-33(48)42-29/h4-12,20,22,27-31,40H,13-19,21H2,1-3H3,(H2,39,47)(H,41,49)(H,42,48)(H,43,51)(H,44,52)(H,45,53)(H,46,50)/t27-,28+,29+,30+,31?/m1/s1. The van der Waals surface area contributed by atoms with Crippen molar-refractivity contribution in [2.45, 2.75) is 82.6 Å². The Bertz CT molecular complexity index is 1800. The van der Waals surface area contributed by atoms with E-state index in [4.69, 9.17) is 5.73 Å². The van der Waals surface area contributed by atoms with Gasteiger partial charge in [0.15, 0.2) is 0 Å². The van der Waals surface area contributed by atoms with Crippen molar-refractivity contribution in [1.82, 2.24) is 36.9 Å².